The Morgan fingerprint density at radius 2 is 1.74 bits per heavy atom. The molecule has 1 aliphatic heterocycles. The van der Waals surface area contributed by atoms with Crippen molar-refractivity contribution in [2.45, 2.75) is 24.2 Å². The number of hydrogen-bond acceptors (Lipinski definition) is 4. The zero-order chi connectivity index (χ0) is 19.3. The molecule has 1 heterocycles. The van der Waals surface area contributed by atoms with Gasteiger partial charge >= 0.3 is 0 Å². The summed E-state index contributed by atoms with van der Waals surface area (Å²) in [6.07, 6.45) is 4.48. The number of hydrogen-bond donors (Lipinski definition) is 0. The van der Waals surface area contributed by atoms with E-state index in [4.69, 9.17) is 11.6 Å². The van der Waals surface area contributed by atoms with Gasteiger partial charge in [0.25, 0.3) is 0 Å². The van der Waals surface area contributed by atoms with Crippen molar-refractivity contribution in [2.75, 3.05) is 13.1 Å². The zero-order valence-corrected chi connectivity index (χ0v) is 16.5. The lowest BCUT2D eigenvalue weighted by Crippen LogP contribution is -2.31. The number of likely N-dealkylation sites (tertiary alicyclic amines) is 1. The Bertz CT molecular complexity index is 940. The lowest BCUT2D eigenvalue weighted by atomic mass is 9.90. The Kier molecular flexibility index (Phi) is 6.20. The molecule has 0 aliphatic carbocycles. The van der Waals surface area contributed by atoms with Gasteiger partial charge in [-0.1, -0.05) is 41.9 Å². The number of benzene rings is 2. The summed E-state index contributed by atoms with van der Waals surface area (Å²) in [6, 6.07) is 18.1. The fraction of sp³-hybridized carbons (Fsp3) is 0.286. The van der Waals surface area contributed by atoms with Crippen LogP contribution in [0.25, 0.3) is 0 Å². The summed E-state index contributed by atoms with van der Waals surface area (Å²) in [4.78, 5) is 1.79. The van der Waals surface area contributed by atoms with E-state index in [0.29, 0.717) is 10.9 Å². The molecule has 0 amide bonds. The van der Waals surface area contributed by atoms with Gasteiger partial charge in [0.15, 0.2) is 4.91 Å². The Morgan fingerprint density at radius 3 is 2.33 bits per heavy atom. The second-order valence-corrected chi connectivity index (χ2v) is 9.09. The van der Waals surface area contributed by atoms with Crippen molar-refractivity contribution in [3.8, 4) is 6.07 Å². The van der Waals surface area contributed by atoms with Crippen LogP contribution in [0, 0.1) is 17.2 Å². The van der Waals surface area contributed by atoms with Crippen molar-refractivity contribution in [3.05, 3.63) is 76.3 Å². The smallest absolute Gasteiger partial charge is 0.218 e. The Labute approximate surface area is 165 Å². The average Bonchev–Trinajstić information content (AvgIpc) is 2.68. The van der Waals surface area contributed by atoms with Gasteiger partial charge in [-0.2, -0.15) is 5.26 Å². The maximum atomic E-state index is 12.7. The Balaban J connectivity index is 1.67. The van der Waals surface area contributed by atoms with Crippen molar-refractivity contribution >= 4 is 21.4 Å². The Morgan fingerprint density at radius 1 is 1.11 bits per heavy atom. The number of nitrogens with zero attached hydrogens (tertiary/aromatic N) is 2. The highest BCUT2D eigenvalue weighted by Crippen LogP contribution is 2.25. The van der Waals surface area contributed by atoms with E-state index in [1.54, 1.807) is 0 Å². The molecule has 3 rings (SSSR count). The predicted octanol–water partition coefficient (Wildman–Crippen LogP) is 4.43. The number of piperidine rings is 1. The van der Waals surface area contributed by atoms with Crippen molar-refractivity contribution in [1.82, 2.24) is 4.90 Å². The van der Waals surface area contributed by atoms with E-state index in [-0.39, 0.29) is 9.80 Å². The molecule has 6 heteroatoms. The van der Waals surface area contributed by atoms with Gasteiger partial charge in [-0.3, -0.25) is 0 Å². The molecule has 0 saturated carbocycles. The van der Waals surface area contributed by atoms with E-state index in [1.165, 1.54) is 36.0 Å². The van der Waals surface area contributed by atoms with Crippen molar-refractivity contribution in [1.29, 1.82) is 5.26 Å². The van der Waals surface area contributed by atoms with Crippen LogP contribution in [-0.2, 0) is 16.3 Å². The first-order valence-electron chi connectivity index (χ1n) is 8.89. The summed E-state index contributed by atoms with van der Waals surface area (Å²) in [5, 5.41) is 9.86. The summed E-state index contributed by atoms with van der Waals surface area (Å²) in [5.41, 5.74) is 1.33. The van der Waals surface area contributed by atoms with Crippen molar-refractivity contribution in [3.63, 3.8) is 0 Å². The summed E-state index contributed by atoms with van der Waals surface area (Å²) in [7, 11) is -3.83. The largest absolute Gasteiger partial charge is 0.376 e. The van der Waals surface area contributed by atoms with Crippen LogP contribution in [0.5, 0.6) is 0 Å². The Hall–Kier alpha value is -2.29. The molecular formula is C21H21ClN2O2S. The molecule has 1 fully saturated rings. The maximum Gasteiger partial charge on any atom is 0.218 e. The minimum Gasteiger partial charge on any atom is -0.376 e. The second-order valence-electron chi connectivity index (χ2n) is 6.73. The fourth-order valence-corrected chi connectivity index (χ4v) is 4.58. The van der Waals surface area contributed by atoms with Crippen LogP contribution in [-0.4, -0.2) is 26.4 Å². The number of nitriles is 1. The van der Waals surface area contributed by atoms with E-state index in [0.717, 1.165) is 32.4 Å². The maximum absolute atomic E-state index is 12.7. The van der Waals surface area contributed by atoms with Crippen molar-refractivity contribution in [2.24, 2.45) is 5.92 Å². The molecule has 27 heavy (non-hydrogen) atoms. The quantitative estimate of drug-likeness (QED) is 0.696. The topological polar surface area (TPSA) is 61.2 Å². The third-order valence-electron chi connectivity index (χ3n) is 4.84. The molecule has 0 atom stereocenters. The van der Waals surface area contributed by atoms with E-state index in [9.17, 15) is 13.7 Å². The van der Waals surface area contributed by atoms with Crippen LogP contribution in [0.4, 0.5) is 0 Å². The molecule has 0 bridgehead atoms. The highest BCUT2D eigenvalue weighted by molar-refractivity contribution is 7.95. The third kappa shape index (κ3) is 4.91. The summed E-state index contributed by atoms with van der Waals surface area (Å²) in [6.45, 7) is 1.50. The van der Waals surface area contributed by atoms with Crippen LogP contribution in [0.3, 0.4) is 0 Å². The summed E-state index contributed by atoms with van der Waals surface area (Å²) in [5.74, 6) is 0.579. The van der Waals surface area contributed by atoms with Crippen LogP contribution >= 0.6 is 11.6 Å². The SMILES string of the molecule is N#CC(=CN1CCC(Cc2ccccc2)CC1)S(=O)(=O)c1ccc(Cl)cc1. The van der Waals surface area contributed by atoms with Gasteiger partial charge in [-0.25, -0.2) is 8.42 Å². The molecule has 2 aromatic rings. The van der Waals surface area contributed by atoms with Crippen LogP contribution in [0.1, 0.15) is 18.4 Å². The van der Waals surface area contributed by atoms with Gasteiger partial charge in [-0.15, -0.1) is 0 Å². The normalized spacial score (nSPS) is 16.1. The average molecular weight is 401 g/mol. The van der Waals surface area contributed by atoms with Gasteiger partial charge in [0.1, 0.15) is 6.07 Å². The monoisotopic (exact) mass is 400 g/mol. The first-order valence-corrected chi connectivity index (χ1v) is 10.8. The predicted molar refractivity (Wildman–Crippen MR) is 107 cm³/mol. The lowest BCUT2D eigenvalue weighted by molar-refractivity contribution is 0.242. The van der Waals surface area contributed by atoms with E-state index >= 15 is 0 Å². The number of sulfone groups is 1. The summed E-state index contributed by atoms with van der Waals surface area (Å²) < 4.78 is 25.4. The van der Waals surface area contributed by atoms with Gasteiger partial charge in [0.05, 0.1) is 4.90 Å². The minimum atomic E-state index is -3.83. The van der Waals surface area contributed by atoms with E-state index in [1.807, 2.05) is 29.2 Å². The third-order valence-corrected chi connectivity index (χ3v) is 6.76. The second kappa shape index (κ2) is 8.60. The lowest BCUT2D eigenvalue weighted by Gasteiger charge is -2.31. The molecule has 0 aromatic heterocycles. The number of allylic oxidation sites excluding steroid dienone is 1. The number of rotatable bonds is 5. The minimum absolute atomic E-state index is 0.0821. The number of halogens is 1. The highest BCUT2D eigenvalue weighted by Gasteiger charge is 2.24. The van der Waals surface area contributed by atoms with Gasteiger partial charge in [0.2, 0.25) is 9.84 Å². The highest BCUT2D eigenvalue weighted by atomic mass is 35.5. The molecule has 140 valence electrons. The molecule has 1 saturated heterocycles. The van der Waals surface area contributed by atoms with Crippen LogP contribution in [0.15, 0.2) is 70.6 Å². The van der Waals surface area contributed by atoms with Crippen molar-refractivity contribution < 1.29 is 8.42 Å². The molecule has 0 unspecified atom stereocenters. The molecule has 4 nitrogen and oxygen atoms in total. The molecule has 0 N–H and O–H groups in total. The van der Waals surface area contributed by atoms with Gasteiger partial charge in [-0.05, 0) is 55.0 Å². The molecule has 0 spiro atoms. The standard InChI is InChI=1S/C21H21ClN2O2S/c22-19-6-8-20(9-7-19)27(25,26)21(15-23)16-24-12-10-18(11-13-24)14-17-4-2-1-3-5-17/h1-9,16,18H,10-14H2. The molecule has 1 aliphatic rings. The van der Waals surface area contributed by atoms with Gasteiger partial charge in [0, 0.05) is 24.3 Å². The first-order chi connectivity index (χ1) is 13.0. The zero-order valence-electron chi connectivity index (χ0n) is 14.9. The molecule has 2 aromatic carbocycles. The molecular weight excluding hydrogens is 380 g/mol. The van der Waals surface area contributed by atoms with Gasteiger partial charge < -0.3 is 4.90 Å². The van der Waals surface area contributed by atoms with E-state index in [2.05, 4.69) is 12.1 Å². The van der Waals surface area contributed by atoms with Crippen LogP contribution < -0.4 is 0 Å². The fourth-order valence-electron chi connectivity index (χ4n) is 3.30. The molecule has 0 radical (unpaired) electrons. The summed E-state index contributed by atoms with van der Waals surface area (Å²) >= 11 is 5.82. The van der Waals surface area contributed by atoms with Crippen LogP contribution in [0.2, 0.25) is 5.02 Å². The first kappa shape index (κ1) is 19.5. The van der Waals surface area contributed by atoms with E-state index < -0.39 is 9.84 Å².